The van der Waals surface area contributed by atoms with E-state index in [4.69, 9.17) is 0 Å². The molecule has 0 saturated carbocycles. The summed E-state index contributed by atoms with van der Waals surface area (Å²) in [5.74, 6) is -3.65. The molecule has 4 amide bonds. The normalized spacial score (nSPS) is 22.5. The molecule has 0 spiro atoms. The lowest BCUT2D eigenvalue weighted by molar-refractivity contribution is -0.136. The average molecular weight is 508 g/mol. The minimum atomic E-state index is -2.49. The smallest absolute Gasteiger partial charge is 0.263 e. The Balaban J connectivity index is 1.20. The molecule has 7 nitrogen and oxygen atoms in total. The number of fused-ring (bicyclic) bond motifs is 1. The van der Waals surface area contributed by atoms with Crippen LogP contribution < -0.4 is 5.32 Å². The summed E-state index contributed by atoms with van der Waals surface area (Å²) in [4.78, 5) is 53.5. The van der Waals surface area contributed by atoms with E-state index in [1.54, 1.807) is 12.1 Å². The van der Waals surface area contributed by atoms with Crippen LogP contribution >= 0.6 is 11.8 Å². The van der Waals surface area contributed by atoms with Crippen molar-refractivity contribution < 1.29 is 28.0 Å². The third-order valence-corrected chi connectivity index (χ3v) is 8.04. The minimum absolute atomic E-state index is 0.0349. The molecule has 0 radical (unpaired) electrons. The molecule has 35 heavy (non-hydrogen) atoms. The van der Waals surface area contributed by atoms with Crippen molar-refractivity contribution >= 4 is 35.4 Å². The summed E-state index contributed by atoms with van der Waals surface area (Å²) in [6, 6.07) is 4.22. The number of hydrogen-bond acceptors (Lipinski definition) is 6. The van der Waals surface area contributed by atoms with E-state index < -0.39 is 35.6 Å². The quantitative estimate of drug-likeness (QED) is 0.294. The summed E-state index contributed by atoms with van der Waals surface area (Å²) < 4.78 is 26.4. The Bertz CT molecular complexity index is 993. The molecule has 1 N–H and O–H groups in total. The van der Waals surface area contributed by atoms with E-state index in [9.17, 15) is 28.0 Å². The van der Waals surface area contributed by atoms with Gasteiger partial charge in [-0.15, -0.1) is 11.8 Å². The predicted octanol–water partition coefficient (Wildman–Crippen LogP) is 3.86. The Morgan fingerprint density at radius 3 is 2.43 bits per heavy atom. The number of nitrogens with one attached hydrogen (secondary N) is 1. The molecule has 1 atom stereocenters. The van der Waals surface area contributed by atoms with Crippen molar-refractivity contribution in [2.24, 2.45) is 0 Å². The second-order valence-corrected chi connectivity index (χ2v) is 10.6. The highest BCUT2D eigenvalue weighted by atomic mass is 32.2. The Kier molecular flexibility index (Phi) is 8.21. The molecular formula is C25H31F2N3O4S. The molecule has 1 unspecified atom stereocenters. The van der Waals surface area contributed by atoms with E-state index in [0.29, 0.717) is 24.2 Å². The molecular weight excluding hydrogens is 476 g/mol. The number of likely N-dealkylation sites (tertiary alicyclic amines) is 1. The average Bonchev–Trinajstić information content (AvgIpc) is 3.07. The highest BCUT2D eigenvalue weighted by molar-refractivity contribution is 7.99. The number of carbonyl (C=O) groups is 4. The number of carbonyl (C=O) groups excluding carboxylic acids is 4. The van der Waals surface area contributed by atoms with Gasteiger partial charge < -0.3 is 4.90 Å². The van der Waals surface area contributed by atoms with Gasteiger partial charge in [-0.3, -0.25) is 29.4 Å². The second kappa shape index (κ2) is 11.2. The monoisotopic (exact) mass is 507 g/mol. The van der Waals surface area contributed by atoms with E-state index in [-0.39, 0.29) is 25.7 Å². The molecule has 3 heterocycles. The fourth-order valence-corrected chi connectivity index (χ4v) is 5.94. The number of thioether (sulfide) groups is 1. The van der Waals surface area contributed by atoms with Gasteiger partial charge in [0.15, 0.2) is 0 Å². The molecule has 2 fully saturated rings. The molecule has 0 bridgehead atoms. The second-order valence-electron chi connectivity index (χ2n) is 9.44. The molecule has 2 saturated heterocycles. The van der Waals surface area contributed by atoms with Crippen LogP contribution in [0.3, 0.4) is 0 Å². The van der Waals surface area contributed by atoms with Crippen LogP contribution in [-0.2, 0) is 9.59 Å². The van der Waals surface area contributed by atoms with Gasteiger partial charge >= 0.3 is 0 Å². The van der Waals surface area contributed by atoms with Crippen molar-refractivity contribution in [2.75, 3.05) is 25.4 Å². The van der Waals surface area contributed by atoms with Crippen LogP contribution in [0.15, 0.2) is 23.1 Å². The van der Waals surface area contributed by atoms with Crippen LogP contribution in [0.4, 0.5) is 8.78 Å². The van der Waals surface area contributed by atoms with E-state index in [1.165, 1.54) is 11.8 Å². The zero-order valence-electron chi connectivity index (χ0n) is 19.7. The van der Waals surface area contributed by atoms with Crippen LogP contribution in [0.1, 0.15) is 78.5 Å². The SMILES string of the molecule is O=C1CCC(N2C(=O)c3cccc(SCCCCCCCN4CCC(F)(F)CC4)c3C2=O)C(=O)N1. The van der Waals surface area contributed by atoms with E-state index in [1.807, 2.05) is 6.07 Å². The van der Waals surface area contributed by atoms with E-state index in [0.717, 1.165) is 54.2 Å². The highest BCUT2D eigenvalue weighted by Gasteiger charge is 2.45. The summed E-state index contributed by atoms with van der Waals surface area (Å²) in [5.41, 5.74) is 0.652. The van der Waals surface area contributed by atoms with Gasteiger partial charge in [0.25, 0.3) is 17.7 Å². The Labute approximate surface area is 208 Å². The standard InChI is InChI=1S/C25H31F2N3O4S/c26-25(27)11-14-29(15-12-25)13-4-2-1-3-5-16-35-19-8-6-7-17-21(19)24(34)30(23(17)33)18-9-10-20(31)28-22(18)32/h6-8,18H,1-5,9-16H2,(H,28,31,32). The fraction of sp³-hybridized carbons (Fsp3) is 0.600. The lowest BCUT2D eigenvalue weighted by Gasteiger charge is -2.31. The van der Waals surface area contributed by atoms with Crippen molar-refractivity contribution in [1.82, 2.24) is 15.1 Å². The number of halogens is 2. The maximum atomic E-state index is 13.2. The van der Waals surface area contributed by atoms with Crippen LogP contribution in [0, 0.1) is 0 Å². The van der Waals surface area contributed by atoms with E-state index >= 15 is 0 Å². The first kappa shape index (κ1) is 25.8. The van der Waals surface area contributed by atoms with Crippen molar-refractivity contribution in [3.63, 3.8) is 0 Å². The highest BCUT2D eigenvalue weighted by Crippen LogP contribution is 2.35. The van der Waals surface area contributed by atoms with Crippen LogP contribution in [0.2, 0.25) is 0 Å². The third-order valence-electron chi connectivity index (χ3n) is 6.89. The molecule has 1 aromatic carbocycles. The van der Waals surface area contributed by atoms with Gasteiger partial charge in [-0.25, -0.2) is 8.78 Å². The van der Waals surface area contributed by atoms with Crippen LogP contribution in [0.5, 0.6) is 0 Å². The molecule has 0 aromatic heterocycles. The molecule has 10 heteroatoms. The van der Waals surface area contributed by atoms with E-state index in [2.05, 4.69) is 10.2 Å². The first-order valence-electron chi connectivity index (χ1n) is 12.3. The number of benzene rings is 1. The van der Waals surface area contributed by atoms with Gasteiger partial charge in [-0.05, 0) is 43.7 Å². The lowest BCUT2D eigenvalue weighted by atomic mass is 10.0. The molecule has 3 aliphatic heterocycles. The minimum Gasteiger partial charge on any atom is -0.303 e. The number of nitrogens with zero attached hydrogens (tertiary/aromatic N) is 2. The summed E-state index contributed by atoms with van der Waals surface area (Å²) in [5, 5.41) is 2.21. The van der Waals surface area contributed by atoms with Gasteiger partial charge in [0.1, 0.15) is 6.04 Å². The van der Waals surface area contributed by atoms with Gasteiger partial charge in [0.05, 0.1) is 11.1 Å². The lowest BCUT2D eigenvalue weighted by Crippen LogP contribution is -2.54. The number of hydrogen-bond donors (Lipinski definition) is 1. The Hall–Kier alpha value is -2.33. The van der Waals surface area contributed by atoms with Crippen molar-refractivity contribution in [3.8, 4) is 0 Å². The maximum absolute atomic E-state index is 13.2. The summed E-state index contributed by atoms with van der Waals surface area (Å²) in [6.07, 6.45) is 5.31. The van der Waals surface area contributed by atoms with Crippen LogP contribution in [-0.4, -0.2) is 70.8 Å². The van der Waals surface area contributed by atoms with Gasteiger partial charge in [-0.2, -0.15) is 0 Å². The largest absolute Gasteiger partial charge is 0.303 e. The summed E-state index contributed by atoms with van der Waals surface area (Å²) >= 11 is 1.53. The number of amides is 4. The maximum Gasteiger partial charge on any atom is 0.263 e. The number of imide groups is 2. The van der Waals surface area contributed by atoms with Crippen molar-refractivity contribution in [3.05, 3.63) is 29.3 Å². The van der Waals surface area contributed by atoms with Gasteiger partial charge in [0.2, 0.25) is 11.8 Å². The predicted molar refractivity (Wildman–Crippen MR) is 128 cm³/mol. The third kappa shape index (κ3) is 6.09. The zero-order chi connectivity index (χ0) is 25.0. The Morgan fingerprint density at radius 1 is 0.971 bits per heavy atom. The van der Waals surface area contributed by atoms with Crippen molar-refractivity contribution in [2.45, 2.75) is 74.6 Å². The molecule has 3 aliphatic rings. The number of unbranched alkanes of at least 4 members (excludes halogenated alkanes) is 4. The number of rotatable bonds is 10. The molecule has 190 valence electrons. The fourth-order valence-electron chi connectivity index (χ4n) is 4.86. The number of alkyl halides is 2. The summed E-state index contributed by atoms with van der Waals surface area (Å²) in [6.45, 7) is 1.83. The summed E-state index contributed by atoms with van der Waals surface area (Å²) in [7, 11) is 0. The topological polar surface area (TPSA) is 86.8 Å². The molecule has 4 rings (SSSR count). The van der Waals surface area contributed by atoms with Crippen LogP contribution in [0.25, 0.3) is 0 Å². The number of piperidine rings is 2. The Morgan fingerprint density at radius 2 is 1.69 bits per heavy atom. The van der Waals surface area contributed by atoms with Gasteiger partial charge in [-0.1, -0.05) is 25.3 Å². The first-order chi connectivity index (χ1) is 16.8. The van der Waals surface area contributed by atoms with Crippen molar-refractivity contribution in [1.29, 1.82) is 0 Å². The zero-order valence-corrected chi connectivity index (χ0v) is 20.5. The van der Waals surface area contributed by atoms with Gasteiger partial charge in [0, 0.05) is 37.2 Å². The molecule has 0 aliphatic carbocycles. The first-order valence-corrected chi connectivity index (χ1v) is 13.3. The molecule has 1 aromatic rings.